The lowest BCUT2D eigenvalue weighted by Gasteiger charge is -2.35. The normalized spacial score (nSPS) is 11.6. The minimum atomic E-state index is -2.68. The molecule has 0 N–H and O–H groups in total. The first kappa shape index (κ1) is 36.4. The summed E-state index contributed by atoms with van der Waals surface area (Å²) in [6.07, 6.45) is 0. The summed E-state index contributed by atoms with van der Waals surface area (Å²) >= 11 is 0. The number of furan rings is 1. The molecule has 0 radical (unpaired) electrons. The Kier molecular flexibility index (Phi) is 9.22. The van der Waals surface area contributed by atoms with Crippen molar-refractivity contribution in [3.8, 4) is 22.3 Å². The maximum absolute atomic E-state index is 6.20. The Morgan fingerprint density at radius 3 is 1.43 bits per heavy atom. The molecule has 10 aromatic carbocycles. The lowest BCUT2D eigenvalue weighted by atomic mass is 9.98. The zero-order chi connectivity index (χ0) is 40.6. The van der Waals surface area contributed by atoms with Crippen LogP contribution in [0, 0.1) is 0 Å². The standard InChI is InChI=1S/C58H41NOSi/c1-5-16-42(17-6-1)44-18-15-19-49(41-44)59(47-32-28-43(29-33-47)45-30-38-54-46(40-45)31-39-57-58(54)55-26-13-14-27-56(55)60-57)48-34-36-53(37-35-48)61(50-20-7-2-8-21-50,51-22-9-3-10-23-51)52-24-11-4-12-25-52/h1-41H. The van der Waals surface area contributed by atoms with E-state index in [-0.39, 0.29) is 0 Å². The summed E-state index contributed by atoms with van der Waals surface area (Å²) < 4.78 is 6.20. The molecule has 0 unspecified atom stereocenters. The average Bonchev–Trinajstić information content (AvgIpc) is 3.73. The molecule has 288 valence electrons. The Morgan fingerprint density at radius 1 is 0.295 bits per heavy atom. The zero-order valence-corrected chi connectivity index (χ0v) is 34.5. The number of anilines is 3. The zero-order valence-electron chi connectivity index (χ0n) is 33.5. The van der Waals surface area contributed by atoms with E-state index < -0.39 is 8.07 Å². The highest BCUT2D eigenvalue weighted by atomic mass is 28.3. The fraction of sp³-hybridized carbons (Fsp3) is 0. The van der Waals surface area contributed by atoms with Crippen molar-refractivity contribution in [1.82, 2.24) is 0 Å². The molecule has 2 nitrogen and oxygen atoms in total. The van der Waals surface area contributed by atoms with Crippen LogP contribution in [0.25, 0.3) is 55.0 Å². The highest BCUT2D eigenvalue weighted by molar-refractivity contribution is 7.19. The van der Waals surface area contributed by atoms with Crippen molar-refractivity contribution in [2.75, 3.05) is 4.90 Å². The fourth-order valence-corrected chi connectivity index (χ4v) is 14.1. The van der Waals surface area contributed by atoms with E-state index in [9.17, 15) is 0 Å². The number of rotatable bonds is 9. The second-order valence-corrected chi connectivity index (χ2v) is 19.5. The number of para-hydroxylation sites is 1. The third-order valence-electron chi connectivity index (χ3n) is 12.2. The van der Waals surface area contributed by atoms with Crippen molar-refractivity contribution in [1.29, 1.82) is 0 Å². The fourth-order valence-electron chi connectivity index (χ4n) is 9.36. The molecular weight excluding hydrogens is 755 g/mol. The van der Waals surface area contributed by atoms with E-state index in [0.29, 0.717) is 0 Å². The first-order chi connectivity index (χ1) is 30.2. The van der Waals surface area contributed by atoms with Crippen LogP contribution < -0.4 is 25.6 Å². The number of hydrogen-bond acceptors (Lipinski definition) is 2. The van der Waals surface area contributed by atoms with Crippen LogP contribution in [0.2, 0.25) is 0 Å². The van der Waals surface area contributed by atoms with Crippen molar-refractivity contribution in [3.05, 3.63) is 249 Å². The van der Waals surface area contributed by atoms with Crippen molar-refractivity contribution >= 4 is 78.6 Å². The molecule has 0 saturated heterocycles. The molecule has 0 aliphatic rings. The lowest BCUT2D eigenvalue weighted by molar-refractivity contribution is 0.669. The van der Waals surface area contributed by atoms with E-state index >= 15 is 0 Å². The minimum Gasteiger partial charge on any atom is -0.456 e. The minimum absolute atomic E-state index is 0.920. The Hall–Kier alpha value is -7.72. The van der Waals surface area contributed by atoms with Gasteiger partial charge in [-0.3, -0.25) is 0 Å². The summed E-state index contributed by atoms with van der Waals surface area (Å²) in [6, 6.07) is 90.6. The van der Waals surface area contributed by atoms with Gasteiger partial charge >= 0.3 is 0 Å². The number of benzene rings is 10. The molecule has 0 bridgehead atoms. The third kappa shape index (κ3) is 6.44. The van der Waals surface area contributed by atoms with E-state index in [2.05, 4.69) is 241 Å². The molecule has 11 rings (SSSR count). The monoisotopic (exact) mass is 795 g/mol. The van der Waals surface area contributed by atoms with Crippen LogP contribution in [0.4, 0.5) is 17.1 Å². The molecule has 0 spiro atoms. The summed E-state index contributed by atoms with van der Waals surface area (Å²) in [6.45, 7) is 0. The van der Waals surface area contributed by atoms with Gasteiger partial charge in [-0.2, -0.15) is 0 Å². The van der Waals surface area contributed by atoms with Gasteiger partial charge in [0.1, 0.15) is 11.2 Å². The summed E-state index contributed by atoms with van der Waals surface area (Å²) in [5.41, 5.74) is 9.84. The van der Waals surface area contributed by atoms with E-state index in [0.717, 1.165) is 33.6 Å². The lowest BCUT2D eigenvalue weighted by Crippen LogP contribution is -2.74. The quantitative estimate of drug-likeness (QED) is 0.107. The van der Waals surface area contributed by atoms with Gasteiger partial charge < -0.3 is 9.32 Å². The predicted octanol–water partition coefficient (Wildman–Crippen LogP) is 12.9. The molecule has 11 aromatic rings. The predicted molar refractivity (Wildman–Crippen MR) is 260 cm³/mol. The molecule has 1 heterocycles. The smallest absolute Gasteiger partial charge is 0.179 e. The summed E-state index contributed by atoms with van der Waals surface area (Å²) in [5, 5.41) is 10.1. The third-order valence-corrected chi connectivity index (χ3v) is 17.0. The van der Waals surface area contributed by atoms with E-state index in [4.69, 9.17) is 4.42 Å². The van der Waals surface area contributed by atoms with Gasteiger partial charge in [-0.1, -0.05) is 194 Å². The van der Waals surface area contributed by atoms with E-state index in [1.54, 1.807) is 0 Å². The van der Waals surface area contributed by atoms with Crippen molar-refractivity contribution < 1.29 is 4.42 Å². The maximum Gasteiger partial charge on any atom is 0.179 e. The summed E-state index contributed by atoms with van der Waals surface area (Å²) in [5.74, 6) is 0. The Balaban J connectivity index is 1.03. The molecule has 1 aromatic heterocycles. The highest BCUT2D eigenvalue weighted by Gasteiger charge is 2.41. The van der Waals surface area contributed by atoms with Crippen molar-refractivity contribution in [3.63, 3.8) is 0 Å². The van der Waals surface area contributed by atoms with Gasteiger partial charge in [0.2, 0.25) is 0 Å². The van der Waals surface area contributed by atoms with Gasteiger partial charge in [-0.15, -0.1) is 0 Å². The van der Waals surface area contributed by atoms with Crippen LogP contribution in [-0.2, 0) is 0 Å². The first-order valence-corrected chi connectivity index (χ1v) is 22.9. The first-order valence-electron chi connectivity index (χ1n) is 20.9. The molecule has 0 saturated carbocycles. The molecule has 61 heavy (non-hydrogen) atoms. The number of nitrogens with zero attached hydrogens (tertiary/aromatic N) is 1. The van der Waals surface area contributed by atoms with Gasteiger partial charge in [0.05, 0.1) is 0 Å². The van der Waals surface area contributed by atoms with Crippen LogP contribution in [-0.4, -0.2) is 8.07 Å². The Bertz CT molecular complexity index is 3170. The summed E-state index contributed by atoms with van der Waals surface area (Å²) in [4.78, 5) is 2.39. The largest absolute Gasteiger partial charge is 0.456 e. The van der Waals surface area contributed by atoms with Crippen LogP contribution in [0.1, 0.15) is 0 Å². The molecule has 0 amide bonds. The molecule has 0 fully saturated rings. The number of hydrogen-bond donors (Lipinski definition) is 0. The van der Waals surface area contributed by atoms with Crippen LogP contribution in [0.5, 0.6) is 0 Å². The van der Waals surface area contributed by atoms with E-state index in [1.165, 1.54) is 59.2 Å². The Labute approximate surface area is 357 Å². The maximum atomic E-state index is 6.20. The van der Waals surface area contributed by atoms with Crippen molar-refractivity contribution in [2.45, 2.75) is 0 Å². The van der Waals surface area contributed by atoms with Crippen LogP contribution in [0.15, 0.2) is 253 Å². The second kappa shape index (κ2) is 15.5. The van der Waals surface area contributed by atoms with Crippen LogP contribution >= 0.6 is 0 Å². The van der Waals surface area contributed by atoms with Gasteiger partial charge in [-0.25, -0.2) is 0 Å². The second-order valence-electron chi connectivity index (χ2n) is 15.7. The number of fused-ring (bicyclic) bond motifs is 5. The van der Waals surface area contributed by atoms with Gasteiger partial charge in [0.25, 0.3) is 0 Å². The molecule has 0 aliphatic heterocycles. The van der Waals surface area contributed by atoms with E-state index in [1.807, 2.05) is 12.1 Å². The van der Waals surface area contributed by atoms with Gasteiger partial charge in [-0.05, 0) is 108 Å². The molecule has 3 heteroatoms. The molecule has 0 aliphatic carbocycles. The SMILES string of the molecule is c1ccc(-c2cccc(N(c3ccc(-c4ccc5c(ccc6oc7ccccc7c65)c4)cc3)c3ccc([Si](c4ccccc4)(c4ccccc4)c4ccccc4)cc3)c2)cc1. The Morgan fingerprint density at radius 2 is 0.787 bits per heavy atom. The summed E-state index contributed by atoms with van der Waals surface area (Å²) in [7, 11) is -2.68. The molecular formula is C58H41NOSi. The topological polar surface area (TPSA) is 16.4 Å². The van der Waals surface area contributed by atoms with Crippen molar-refractivity contribution in [2.24, 2.45) is 0 Å². The highest BCUT2D eigenvalue weighted by Crippen LogP contribution is 2.39. The van der Waals surface area contributed by atoms with Gasteiger partial charge in [0.15, 0.2) is 8.07 Å². The van der Waals surface area contributed by atoms with Gasteiger partial charge in [0, 0.05) is 27.8 Å². The average molecular weight is 796 g/mol. The molecule has 0 atom stereocenters. The van der Waals surface area contributed by atoms with Crippen LogP contribution in [0.3, 0.4) is 0 Å².